The summed E-state index contributed by atoms with van der Waals surface area (Å²) < 4.78 is 30.5. The van der Waals surface area contributed by atoms with Crippen molar-refractivity contribution in [1.29, 1.82) is 0 Å². The highest BCUT2D eigenvalue weighted by atomic mass is 32.2. The predicted octanol–water partition coefficient (Wildman–Crippen LogP) is 3.55. The molecule has 2 atom stereocenters. The number of rotatable bonds is 4. The van der Waals surface area contributed by atoms with Crippen LogP contribution in [0.25, 0.3) is 0 Å². The minimum absolute atomic E-state index is 0.0931. The van der Waals surface area contributed by atoms with E-state index in [0.29, 0.717) is 4.90 Å². The number of carbonyl (C=O) groups is 3. The molecule has 150 valence electrons. The Morgan fingerprint density at radius 1 is 1.04 bits per heavy atom. The van der Waals surface area contributed by atoms with Crippen LogP contribution >= 0.6 is 11.8 Å². The monoisotopic (exact) mass is 393 g/mol. The number of carbonyl (C=O) groups excluding carboxylic acids is 3. The highest BCUT2D eigenvalue weighted by molar-refractivity contribution is 7.98. The number of methoxy groups -OCH3 is 1. The van der Waals surface area contributed by atoms with Gasteiger partial charge in [0.05, 0.1) is 7.11 Å². The van der Waals surface area contributed by atoms with Crippen molar-refractivity contribution in [3.63, 3.8) is 0 Å². The first-order chi connectivity index (χ1) is 11.6. The predicted molar refractivity (Wildman–Crippen MR) is 95.9 cm³/mol. The van der Waals surface area contributed by atoms with Gasteiger partial charge in [-0.25, -0.2) is 18.8 Å². The highest BCUT2D eigenvalue weighted by Gasteiger charge is 2.81. The van der Waals surface area contributed by atoms with Crippen LogP contribution in [0.4, 0.5) is 14.0 Å². The van der Waals surface area contributed by atoms with Crippen LogP contribution in [0.1, 0.15) is 48.0 Å². The molecule has 7 nitrogen and oxygen atoms in total. The molecule has 0 aromatic rings. The molecule has 0 radical (unpaired) electrons. The summed E-state index contributed by atoms with van der Waals surface area (Å²) in [5.74, 6) is -1.12. The van der Waals surface area contributed by atoms with Crippen LogP contribution < -0.4 is 0 Å². The SMILES string of the molecule is COC(=O)[C@]1(N(C(=O)OC(C)(C)C)C(=O)OC(C)(C)C)C[C@@]1(F)CSC. The molecule has 0 N–H and O–H groups in total. The van der Waals surface area contributed by atoms with Crippen LogP contribution in [0.3, 0.4) is 0 Å². The molecule has 1 aliphatic carbocycles. The number of ether oxygens (including phenoxy) is 3. The minimum atomic E-state index is -2.12. The third kappa shape index (κ3) is 4.61. The maximum Gasteiger partial charge on any atom is 0.420 e. The van der Waals surface area contributed by atoms with Gasteiger partial charge in [0.1, 0.15) is 11.2 Å². The molecule has 0 aromatic heterocycles. The first-order valence-corrected chi connectivity index (χ1v) is 9.55. The summed E-state index contributed by atoms with van der Waals surface area (Å²) in [5.41, 5.74) is -6.13. The molecule has 2 amide bonds. The van der Waals surface area contributed by atoms with Gasteiger partial charge in [0.2, 0.25) is 0 Å². The van der Waals surface area contributed by atoms with Gasteiger partial charge in [0, 0.05) is 12.2 Å². The first-order valence-electron chi connectivity index (χ1n) is 8.16. The Labute approximate surface area is 157 Å². The fourth-order valence-corrected chi connectivity index (χ4v) is 3.35. The number of alkyl halides is 1. The number of hydrogen-bond acceptors (Lipinski definition) is 7. The zero-order valence-corrected chi connectivity index (χ0v) is 17.4. The molecule has 0 spiro atoms. The Kier molecular flexibility index (Phi) is 6.28. The van der Waals surface area contributed by atoms with Crippen molar-refractivity contribution in [1.82, 2.24) is 4.90 Å². The Morgan fingerprint density at radius 3 is 1.77 bits per heavy atom. The quantitative estimate of drug-likeness (QED) is 0.534. The fourth-order valence-electron chi connectivity index (χ4n) is 2.56. The fraction of sp³-hybridized carbons (Fsp3) is 0.824. The van der Waals surface area contributed by atoms with Crippen molar-refractivity contribution in [2.45, 2.75) is 70.4 Å². The lowest BCUT2D eigenvalue weighted by Gasteiger charge is -2.33. The average molecular weight is 393 g/mol. The first kappa shape index (κ1) is 22.5. The Balaban J connectivity index is 3.39. The maximum atomic E-state index is 15.3. The average Bonchev–Trinajstić information content (AvgIpc) is 3.00. The third-order valence-electron chi connectivity index (χ3n) is 3.58. The second-order valence-electron chi connectivity index (χ2n) is 8.22. The topological polar surface area (TPSA) is 82.1 Å². The minimum Gasteiger partial charge on any atom is -0.467 e. The highest BCUT2D eigenvalue weighted by Crippen LogP contribution is 2.58. The van der Waals surface area contributed by atoms with Gasteiger partial charge < -0.3 is 14.2 Å². The Bertz CT molecular complexity index is 557. The van der Waals surface area contributed by atoms with Crippen molar-refractivity contribution < 1.29 is 33.0 Å². The molecule has 9 heteroatoms. The van der Waals surface area contributed by atoms with Crippen LogP contribution in [0, 0.1) is 0 Å². The number of halogens is 1. The van der Waals surface area contributed by atoms with E-state index in [-0.39, 0.29) is 12.2 Å². The second-order valence-corrected chi connectivity index (χ2v) is 9.09. The zero-order valence-electron chi connectivity index (χ0n) is 16.6. The number of nitrogens with zero attached hydrogens (tertiary/aromatic N) is 1. The Hall–Kier alpha value is -1.51. The van der Waals surface area contributed by atoms with Crippen LogP contribution in [0.2, 0.25) is 0 Å². The summed E-state index contributed by atoms with van der Waals surface area (Å²) in [6.07, 6.45) is -1.02. The van der Waals surface area contributed by atoms with Gasteiger partial charge in [0.25, 0.3) is 0 Å². The lowest BCUT2D eigenvalue weighted by Crippen LogP contribution is -2.57. The summed E-state index contributed by atoms with van der Waals surface area (Å²) in [6.45, 7) is 9.59. The van der Waals surface area contributed by atoms with Gasteiger partial charge in [-0.15, -0.1) is 0 Å². The van der Waals surface area contributed by atoms with E-state index in [9.17, 15) is 14.4 Å². The molecule has 0 aromatic carbocycles. The summed E-state index contributed by atoms with van der Waals surface area (Å²) in [4.78, 5) is 38.3. The van der Waals surface area contributed by atoms with Gasteiger partial charge in [-0.3, -0.25) is 0 Å². The van der Waals surface area contributed by atoms with Crippen molar-refractivity contribution in [3.05, 3.63) is 0 Å². The van der Waals surface area contributed by atoms with E-state index in [1.54, 1.807) is 47.8 Å². The normalized spacial score (nSPS) is 25.3. The van der Waals surface area contributed by atoms with Crippen LogP contribution in [0.5, 0.6) is 0 Å². The zero-order chi connectivity index (χ0) is 20.6. The number of amides is 2. The molecule has 0 aliphatic heterocycles. The van der Waals surface area contributed by atoms with Crippen molar-refractivity contribution in [2.24, 2.45) is 0 Å². The van der Waals surface area contributed by atoms with E-state index in [0.717, 1.165) is 18.9 Å². The molecule has 1 aliphatic rings. The lowest BCUT2D eigenvalue weighted by atomic mass is 10.1. The van der Waals surface area contributed by atoms with E-state index in [4.69, 9.17) is 14.2 Å². The molecule has 0 unspecified atom stereocenters. The van der Waals surface area contributed by atoms with Crippen LogP contribution in [-0.2, 0) is 19.0 Å². The second kappa shape index (κ2) is 7.25. The van der Waals surface area contributed by atoms with E-state index in [2.05, 4.69) is 0 Å². The number of hydrogen-bond donors (Lipinski definition) is 0. The van der Waals surface area contributed by atoms with Gasteiger partial charge in [-0.1, -0.05) is 0 Å². The molecule has 1 fully saturated rings. The molecule has 0 bridgehead atoms. The summed E-state index contributed by atoms with van der Waals surface area (Å²) in [5, 5.41) is 0. The van der Waals surface area contributed by atoms with Crippen LogP contribution in [-0.4, -0.2) is 64.6 Å². The smallest absolute Gasteiger partial charge is 0.420 e. The molecular formula is C17H28FNO6S. The molecule has 26 heavy (non-hydrogen) atoms. The number of thioether (sulfide) groups is 1. The van der Waals surface area contributed by atoms with Crippen molar-refractivity contribution in [3.8, 4) is 0 Å². The van der Waals surface area contributed by atoms with E-state index in [1.807, 2.05) is 0 Å². The van der Waals surface area contributed by atoms with Crippen LogP contribution in [0.15, 0.2) is 0 Å². The molecule has 0 heterocycles. The largest absolute Gasteiger partial charge is 0.467 e. The lowest BCUT2D eigenvalue weighted by molar-refractivity contribution is -0.150. The summed E-state index contributed by atoms with van der Waals surface area (Å²) in [6, 6.07) is 0. The molecule has 1 rings (SSSR count). The van der Waals surface area contributed by atoms with E-state index in [1.165, 1.54) is 0 Å². The summed E-state index contributed by atoms with van der Waals surface area (Å²) in [7, 11) is 1.07. The third-order valence-corrected chi connectivity index (χ3v) is 4.33. The number of imide groups is 1. The van der Waals surface area contributed by atoms with Crippen molar-refractivity contribution in [2.75, 3.05) is 19.1 Å². The van der Waals surface area contributed by atoms with Gasteiger partial charge in [-0.05, 0) is 47.8 Å². The molecule has 0 saturated heterocycles. The summed E-state index contributed by atoms with van der Waals surface area (Å²) >= 11 is 1.15. The van der Waals surface area contributed by atoms with Gasteiger partial charge in [-0.2, -0.15) is 16.7 Å². The van der Waals surface area contributed by atoms with E-state index >= 15 is 4.39 Å². The van der Waals surface area contributed by atoms with Gasteiger partial charge in [0.15, 0.2) is 11.2 Å². The molecule has 1 saturated carbocycles. The standard InChI is InChI=1S/C17H28FNO6S/c1-14(2,3)24-12(21)19(13(22)25-15(4,5)6)17(11(20)23-7)9-16(17,18)10-26-8/h9-10H2,1-8H3/t16-,17-/m1/s1. The van der Waals surface area contributed by atoms with Gasteiger partial charge >= 0.3 is 18.2 Å². The Morgan fingerprint density at radius 2 is 1.46 bits per heavy atom. The van der Waals surface area contributed by atoms with E-state index < -0.39 is 40.6 Å². The molecular weight excluding hydrogens is 365 g/mol. The van der Waals surface area contributed by atoms with Crippen molar-refractivity contribution >= 4 is 29.9 Å². The maximum absolute atomic E-state index is 15.3. The number of esters is 1.